The van der Waals surface area contributed by atoms with Gasteiger partial charge in [0, 0.05) is 16.3 Å². The molecule has 0 aliphatic heterocycles. The molecule has 0 heterocycles. The number of nitrogens with two attached hydrogens (primary N) is 1. The molecule has 0 radical (unpaired) electrons. The highest BCUT2D eigenvalue weighted by molar-refractivity contribution is 7.80. The van der Waals surface area contributed by atoms with E-state index in [1.807, 2.05) is 0 Å². The van der Waals surface area contributed by atoms with E-state index >= 15 is 0 Å². The Morgan fingerprint density at radius 3 is 2.33 bits per heavy atom. The molecule has 0 saturated carbocycles. The zero-order valence-electron chi connectivity index (χ0n) is 10.7. The van der Waals surface area contributed by atoms with Gasteiger partial charge in [0.05, 0.1) is 10.7 Å². The number of amides is 2. The standard InChI is InChI=1S/C14H11Cl2N3OS/c15-9-2-4-10(5-3-9)18-14(20)19-12-7-8(13(17)21)1-6-11(12)16/h1-7H,(H2,17,21)(H2,18,19,20). The first-order valence-electron chi connectivity index (χ1n) is 5.88. The van der Waals surface area contributed by atoms with Crippen LogP contribution in [0, 0.1) is 0 Å². The van der Waals surface area contributed by atoms with Crippen LogP contribution in [-0.4, -0.2) is 11.0 Å². The Bertz CT molecular complexity index is 689. The topological polar surface area (TPSA) is 67.1 Å². The van der Waals surface area contributed by atoms with E-state index in [4.69, 9.17) is 41.2 Å². The number of carbonyl (C=O) groups is 1. The van der Waals surface area contributed by atoms with E-state index in [1.54, 1.807) is 42.5 Å². The molecule has 0 aromatic heterocycles. The summed E-state index contributed by atoms with van der Waals surface area (Å²) in [6.07, 6.45) is 0. The van der Waals surface area contributed by atoms with Crippen molar-refractivity contribution in [2.45, 2.75) is 0 Å². The Kier molecular flexibility index (Phi) is 5.01. The summed E-state index contributed by atoms with van der Waals surface area (Å²) in [4.78, 5) is 12.2. The quantitative estimate of drug-likeness (QED) is 0.731. The van der Waals surface area contributed by atoms with Crippen LogP contribution >= 0.6 is 35.4 Å². The Labute approximate surface area is 137 Å². The minimum Gasteiger partial charge on any atom is -0.389 e. The van der Waals surface area contributed by atoms with Gasteiger partial charge in [-0.05, 0) is 36.4 Å². The van der Waals surface area contributed by atoms with E-state index in [0.717, 1.165) is 0 Å². The van der Waals surface area contributed by atoms with Crippen molar-refractivity contribution in [1.82, 2.24) is 0 Å². The number of urea groups is 1. The van der Waals surface area contributed by atoms with Crippen LogP contribution in [0.5, 0.6) is 0 Å². The number of hydrogen-bond acceptors (Lipinski definition) is 2. The third-order valence-electron chi connectivity index (χ3n) is 2.60. The van der Waals surface area contributed by atoms with E-state index in [0.29, 0.717) is 27.0 Å². The summed E-state index contributed by atoms with van der Waals surface area (Å²) in [7, 11) is 0. The van der Waals surface area contributed by atoms with Crippen LogP contribution in [0.2, 0.25) is 10.0 Å². The van der Waals surface area contributed by atoms with Crippen LogP contribution in [0.15, 0.2) is 42.5 Å². The van der Waals surface area contributed by atoms with Gasteiger partial charge in [0.2, 0.25) is 0 Å². The van der Waals surface area contributed by atoms with E-state index < -0.39 is 6.03 Å². The average Bonchev–Trinajstić information content (AvgIpc) is 2.43. The second-order valence-electron chi connectivity index (χ2n) is 4.14. The van der Waals surface area contributed by atoms with E-state index in [9.17, 15) is 4.79 Å². The van der Waals surface area contributed by atoms with Crippen LogP contribution < -0.4 is 16.4 Å². The largest absolute Gasteiger partial charge is 0.389 e. The SMILES string of the molecule is NC(=S)c1ccc(Cl)c(NC(=O)Nc2ccc(Cl)cc2)c1. The first-order valence-corrected chi connectivity index (χ1v) is 7.05. The van der Waals surface area contributed by atoms with Gasteiger partial charge in [0.1, 0.15) is 4.99 Å². The predicted octanol–water partition coefficient (Wildman–Crippen LogP) is 4.27. The number of carbonyl (C=O) groups excluding carboxylic acids is 1. The molecular formula is C14H11Cl2N3OS. The predicted molar refractivity (Wildman–Crippen MR) is 91.4 cm³/mol. The number of halogens is 2. The fourth-order valence-corrected chi connectivity index (χ4v) is 2.01. The molecule has 4 nitrogen and oxygen atoms in total. The molecule has 0 atom stereocenters. The summed E-state index contributed by atoms with van der Waals surface area (Å²) < 4.78 is 0. The molecule has 7 heteroatoms. The highest BCUT2D eigenvalue weighted by Crippen LogP contribution is 2.23. The molecule has 2 aromatic carbocycles. The second-order valence-corrected chi connectivity index (χ2v) is 5.43. The summed E-state index contributed by atoms with van der Waals surface area (Å²) in [6, 6.07) is 11.2. The Hall–Kier alpha value is -1.82. The number of nitrogens with one attached hydrogen (secondary N) is 2. The molecule has 0 fully saturated rings. The third kappa shape index (κ3) is 4.32. The maximum atomic E-state index is 11.9. The third-order valence-corrected chi connectivity index (χ3v) is 3.42. The lowest BCUT2D eigenvalue weighted by atomic mass is 10.2. The van der Waals surface area contributed by atoms with Crippen molar-refractivity contribution in [2.75, 3.05) is 10.6 Å². The van der Waals surface area contributed by atoms with Crippen molar-refractivity contribution in [3.63, 3.8) is 0 Å². The van der Waals surface area contributed by atoms with Gasteiger partial charge < -0.3 is 16.4 Å². The monoisotopic (exact) mass is 339 g/mol. The maximum Gasteiger partial charge on any atom is 0.323 e. The van der Waals surface area contributed by atoms with Crippen molar-refractivity contribution in [1.29, 1.82) is 0 Å². The lowest BCUT2D eigenvalue weighted by Crippen LogP contribution is -2.20. The number of benzene rings is 2. The maximum absolute atomic E-state index is 11.9. The van der Waals surface area contributed by atoms with Gasteiger partial charge in [0.15, 0.2) is 0 Å². The van der Waals surface area contributed by atoms with Crippen molar-refractivity contribution in [3.05, 3.63) is 58.1 Å². The van der Waals surface area contributed by atoms with Gasteiger partial charge in [-0.3, -0.25) is 0 Å². The molecule has 0 spiro atoms. The highest BCUT2D eigenvalue weighted by atomic mass is 35.5. The number of thiocarbonyl (C=S) groups is 1. The van der Waals surface area contributed by atoms with Crippen LogP contribution in [-0.2, 0) is 0 Å². The Balaban J connectivity index is 2.10. The molecule has 0 saturated heterocycles. The van der Waals surface area contributed by atoms with Gasteiger partial charge in [-0.1, -0.05) is 41.5 Å². The Morgan fingerprint density at radius 2 is 1.71 bits per heavy atom. The van der Waals surface area contributed by atoms with Gasteiger partial charge in [-0.2, -0.15) is 0 Å². The minimum atomic E-state index is -0.431. The summed E-state index contributed by atoms with van der Waals surface area (Å²) in [5.41, 5.74) is 7.20. The Morgan fingerprint density at radius 1 is 1.05 bits per heavy atom. The molecule has 4 N–H and O–H groups in total. The van der Waals surface area contributed by atoms with Gasteiger partial charge in [0.25, 0.3) is 0 Å². The second kappa shape index (κ2) is 6.76. The lowest BCUT2D eigenvalue weighted by Gasteiger charge is -2.10. The number of anilines is 2. The zero-order valence-corrected chi connectivity index (χ0v) is 13.0. The molecule has 0 bridgehead atoms. The molecule has 2 amide bonds. The minimum absolute atomic E-state index is 0.229. The van der Waals surface area contributed by atoms with Crippen LogP contribution in [0.4, 0.5) is 16.2 Å². The van der Waals surface area contributed by atoms with Crippen LogP contribution in [0.25, 0.3) is 0 Å². The lowest BCUT2D eigenvalue weighted by molar-refractivity contribution is 0.262. The fraction of sp³-hybridized carbons (Fsp3) is 0. The van der Waals surface area contributed by atoms with Crippen molar-refractivity contribution >= 4 is 57.8 Å². The molecule has 2 rings (SSSR count). The normalized spacial score (nSPS) is 10.0. The van der Waals surface area contributed by atoms with Crippen LogP contribution in [0.1, 0.15) is 5.56 Å². The molecule has 0 aliphatic carbocycles. The molecular weight excluding hydrogens is 329 g/mol. The number of hydrogen-bond donors (Lipinski definition) is 3. The molecule has 21 heavy (non-hydrogen) atoms. The van der Waals surface area contributed by atoms with Crippen molar-refractivity contribution in [2.24, 2.45) is 5.73 Å². The first-order chi connectivity index (χ1) is 9.95. The van der Waals surface area contributed by atoms with E-state index in [-0.39, 0.29) is 4.99 Å². The van der Waals surface area contributed by atoms with Crippen molar-refractivity contribution < 1.29 is 4.79 Å². The summed E-state index contributed by atoms with van der Waals surface area (Å²) in [5.74, 6) is 0. The van der Waals surface area contributed by atoms with Gasteiger partial charge >= 0.3 is 6.03 Å². The summed E-state index contributed by atoms with van der Waals surface area (Å²) in [6.45, 7) is 0. The smallest absolute Gasteiger partial charge is 0.323 e. The molecule has 0 aliphatic rings. The summed E-state index contributed by atoms with van der Waals surface area (Å²) in [5, 5.41) is 6.28. The van der Waals surface area contributed by atoms with Crippen molar-refractivity contribution in [3.8, 4) is 0 Å². The fourth-order valence-electron chi connectivity index (χ4n) is 1.59. The molecule has 2 aromatic rings. The number of rotatable bonds is 3. The highest BCUT2D eigenvalue weighted by Gasteiger charge is 2.08. The van der Waals surface area contributed by atoms with Gasteiger partial charge in [-0.15, -0.1) is 0 Å². The average molecular weight is 340 g/mol. The van der Waals surface area contributed by atoms with E-state index in [2.05, 4.69) is 10.6 Å². The van der Waals surface area contributed by atoms with Crippen LogP contribution in [0.3, 0.4) is 0 Å². The molecule has 108 valence electrons. The molecule has 0 unspecified atom stereocenters. The van der Waals surface area contributed by atoms with Gasteiger partial charge in [-0.25, -0.2) is 4.79 Å². The first kappa shape index (κ1) is 15.6. The zero-order chi connectivity index (χ0) is 15.4. The van der Waals surface area contributed by atoms with E-state index in [1.165, 1.54) is 0 Å². The summed E-state index contributed by atoms with van der Waals surface area (Å²) >= 11 is 16.7.